The van der Waals surface area contributed by atoms with Crippen LogP contribution in [0.2, 0.25) is 0 Å². The number of pyridine rings is 1. The molecule has 0 radical (unpaired) electrons. The van der Waals surface area contributed by atoms with Crippen LogP contribution in [-0.4, -0.2) is 64.7 Å². The number of hydrogen-bond acceptors (Lipinski definition) is 9. The van der Waals surface area contributed by atoms with Crippen molar-refractivity contribution in [2.75, 3.05) is 26.1 Å². The van der Waals surface area contributed by atoms with Gasteiger partial charge in [0.1, 0.15) is 0 Å². The molecular weight excluding hydrogens is 402 g/mol. The minimum absolute atomic E-state index is 0.193. The highest BCUT2D eigenvalue weighted by atomic mass is 16.7. The maximum absolute atomic E-state index is 12.4. The lowest BCUT2D eigenvalue weighted by atomic mass is 9.99. The van der Waals surface area contributed by atoms with Gasteiger partial charge >= 0.3 is 11.9 Å². The molecule has 4 rings (SSSR count). The van der Waals surface area contributed by atoms with Crippen LogP contribution in [-0.2, 0) is 30.4 Å². The summed E-state index contributed by atoms with van der Waals surface area (Å²) in [6.45, 7) is 2.34. The van der Waals surface area contributed by atoms with Crippen LogP contribution in [0.3, 0.4) is 0 Å². The quantitative estimate of drug-likeness (QED) is 0.660. The Morgan fingerprint density at radius 3 is 2.77 bits per heavy atom. The molecule has 2 aromatic rings. The molecular formula is C21H29N5O5. The van der Waals surface area contributed by atoms with Gasteiger partial charge in [0.2, 0.25) is 0 Å². The van der Waals surface area contributed by atoms with E-state index in [0.717, 1.165) is 41.7 Å². The second-order valence-corrected chi connectivity index (χ2v) is 7.99. The standard InChI is InChI=1S/C21H29N5O5/c1-4-26-20-15(11-23-26)19(24-13-7-5-6-8-13)14(10-22-20)16-9-17(31-25(16)2)21(28)30-12-18(27)29-3/h10-11,13,16-17H,4-9,12H2,1-3H3,(H,22,24). The maximum Gasteiger partial charge on any atom is 0.344 e. The van der Waals surface area contributed by atoms with Gasteiger partial charge in [0, 0.05) is 37.8 Å². The van der Waals surface area contributed by atoms with Gasteiger partial charge in [-0.1, -0.05) is 12.8 Å². The van der Waals surface area contributed by atoms with Gasteiger partial charge in [-0.2, -0.15) is 10.2 Å². The first-order valence-corrected chi connectivity index (χ1v) is 10.8. The zero-order valence-electron chi connectivity index (χ0n) is 18.2. The molecule has 10 nitrogen and oxygen atoms in total. The lowest BCUT2D eigenvalue weighted by molar-refractivity contribution is -0.184. The second-order valence-electron chi connectivity index (χ2n) is 7.99. The summed E-state index contributed by atoms with van der Waals surface area (Å²) in [4.78, 5) is 34.1. The SMILES string of the molecule is CCn1ncc2c(NC3CCCC3)c(C3CC(C(=O)OCC(=O)OC)ON3C)cnc21. The van der Waals surface area contributed by atoms with Crippen LogP contribution >= 0.6 is 0 Å². The van der Waals surface area contributed by atoms with Crippen LogP contribution in [0, 0.1) is 0 Å². The number of carbonyl (C=O) groups excluding carboxylic acids is 2. The van der Waals surface area contributed by atoms with Crippen molar-refractivity contribution < 1.29 is 23.9 Å². The highest BCUT2D eigenvalue weighted by Crippen LogP contribution is 2.40. The van der Waals surface area contributed by atoms with E-state index in [1.165, 1.54) is 20.0 Å². The van der Waals surface area contributed by atoms with Crippen LogP contribution in [0.4, 0.5) is 5.69 Å². The Kier molecular flexibility index (Phi) is 6.38. The lowest BCUT2D eigenvalue weighted by Gasteiger charge is -2.23. The van der Waals surface area contributed by atoms with Crippen molar-refractivity contribution >= 4 is 28.7 Å². The summed E-state index contributed by atoms with van der Waals surface area (Å²) < 4.78 is 11.4. The molecule has 0 bridgehead atoms. The number of anilines is 1. The molecule has 2 unspecified atom stereocenters. The number of carbonyl (C=O) groups is 2. The minimum Gasteiger partial charge on any atom is -0.466 e. The first-order chi connectivity index (χ1) is 15.0. The zero-order chi connectivity index (χ0) is 22.0. The zero-order valence-corrected chi connectivity index (χ0v) is 18.2. The molecule has 2 fully saturated rings. The minimum atomic E-state index is -0.798. The molecule has 3 heterocycles. The van der Waals surface area contributed by atoms with Crippen molar-refractivity contribution in [1.82, 2.24) is 19.8 Å². The van der Waals surface area contributed by atoms with Crippen molar-refractivity contribution in [2.24, 2.45) is 0 Å². The van der Waals surface area contributed by atoms with Crippen LogP contribution in [0.5, 0.6) is 0 Å². The van der Waals surface area contributed by atoms with Gasteiger partial charge in [0.25, 0.3) is 0 Å². The molecule has 1 aliphatic carbocycles. The molecule has 168 valence electrons. The van der Waals surface area contributed by atoms with E-state index in [4.69, 9.17) is 9.57 Å². The predicted octanol–water partition coefficient (Wildman–Crippen LogP) is 2.20. The van der Waals surface area contributed by atoms with E-state index in [1.54, 1.807) is 12.1 Å². The third kappa shape index (κ3) is 4.35. The number of nitrogens with one attached hydrogen (secondary N) is 1. The van der Waals surface area contributed by atoms with Gasteiger partial charge in [-0.05, 0) is 19.8 Å². The Labute approximate surface area is 180 Å². The molecule has 2 atom stereocenters. The predicted molar refractivity (Wildman–Crippen MR) is 112 cm³/mol. The molecule has 2 aliphatic rings. The van der Waals surface area contributed by atoms with Crippen molar-refractivity contribution in [3.63, 3.8) is 0 Å². The molecule has 0 spiro atoms. The number of ether oxygens (including phenoxy) is 2. The van der Waals surface area contributed by atoms with Gasteiger partial charge in [-0.3, -0.25) is 4.84 Å². The van der Waals surface area contributed by atoms with E-state index in [0.29, 0.717) is 12.5 Å². The van der Waals surface area contributed by atoms with E-state index in [1.807, 2.05) is 24.0 Å². The van der Waals surface area contributed by atoms with Crippen molar-refractivity contribution in [3.05, 3.63) is 18.0 Å². The highest BCUT2D eigenvalue weighted by molar-refractivity contribution is 5.91. The number of hydrogen-bond donors (Lipinski definition) is 1. The number of fused-ring (bicyclic) bond motifs is 1. The molecule has 1 saturated heterocycles. The summed E-state index contributed by atoms with van der Waals surface area (Å²) in [5.74, 6) is -1.19. The normalized spacial score (nSPS) is 22.2. The van der Waals surface area contributed by atoms with Crippen LogP contribution in [0.15, 0.2) is 12.4 Å². The topological polar surface area (TPSA) is 108 Å². The Morgan fingerprint density at radius 2 is 2.06 bits per heavy atom. The number of aryl methyl sites for hydroxylation is 1. The summed E-state index contributed by atoms with van der Waals surface area (Å²) in [5, 5.41) is 10.8. The monoisotopic (exact) mass is 431 g/mol. The summed E-state index contributed by atoms with van der Waals surface area (Å²) in [6.07, 6.45) is 7.99. The van der Waals surface area contributed by atoms with Gasteiger partial charge in [0.05, 0.1) is 30.4 Å². The van der Waals surface area contributed by atoms with Crippen LogP contribution in [0.1, 0.15) is 50.6 Å². The maximum atomic E-state index is 12.4. The van der Waals surface area contributed by atoms with E-state index in [-0.39, 0.29) is 6.04 Å². The number of esters is 2. The summed E-state index contributed by atoms with van der Waals surface area (Å²) in [5.41, 5.74) is 2.80. The molecule has 1 N–H and O–H groups in total. The Hall–Kier alpha value is -2.72. The van der Waals surface area contributed by atoms with Crippen molar-refractivity contribution in [3.8, 4) is 0 Å². The summed E-state index contributed by atoms with van der Waals surface area (Å²) >= 11 is 0. The van der Waals surface area contributed by atoms with Gasteiger partial charge in [0.15, 0.2) is 18.4 Å². The number of aromatic nitrogens is 3. The second kappa shape index (κ2) is 9.19. The number of nitrogens with zero attached hydrogens (tertiary/aromatic N) is 4. The molecule has 2 aromatic heterocycles. The average molecular weight is 431 g/mol. The highest BCUT2D eigenvalue weighted by Gasteiger charge is 2.39. The van der Waals surface area contributed by atoms with Gasteiger partial charge < -0.3 is 14.8 Å². The average Bonchev–Trinajstić information content (AvgIpc) is 3.51. The first kappa shape index (κ1) is 21.5. The number of methoxy groups -OCH3 is 1. The van der Waals surface area contributed by atoms with Gasteiger partial charge in [-0.15, -0.1) is 0 Å². The fraction of sp³-hybridized carbons (Fsp3) is 0.619. The molecule has 1 aliphatic heterocycles. The third-order valence-corrected chi connectivity index (χ3v) is 6.05. The Bertz CT molecular complexity index is 955. The molecule has 1 saturated carbocycles. The fourth-order valence-electron chi connectivity index (χ4n) is 4.37. The van der Waals surface area contributed by atoms with E-state index < -0.39 is 24.6 Å². The fourth-order valence-corrected chi connectivity index (χ4v) is 4.37. The smallest absolute Gasteiger partial charge is 0.344 e. The van der Waals surface area contributed by atoms with Gasteiger partial charge in [-0.25, -0.2) is 19.3 Å². The third-order valence-electron chi connectivity index (χ3n) is 6.05. The summed E-state index contributed by atoms with van der Waals surface area (Å²) in [6, 6.07) is 0.212. The number of hydroxylamine groups is 2. The van der Waals surface area contributed by atoms with E-state index in [9.17, 15) is 9.59 Å². The molecule has 0 amide bonds. The Morgan fingerprint density at radius 1 is 1.29 bits per heavy atom. The molecule has 31 heavy (non-hydrogen) atoms. The Balaban J connectivity index is 1.60. The first-order valence-electron chi connectivity index (χ1n) is 10.8. The largest absolute Gasteiger partial charge is 0.466 e. The van der Waals surface area contributed by atoms with Crippen LogP contribution in [0.25, 0.3) is 11.0 Å². The molecule has 0 aromatic carbocycles. The molecule has 10 heteroatoms. The lowest BCUT2D eigenvalue weighted by Crippen LogP contribution is -2.26. The number of rotatable bonds is 7. The van der Waals surface area contributed by atoms with E-state index >= 15 is 0 Å². The summed E-state index contributed by atoms with van der Waals surface area (Å²) in [7, 11) is 3.03. The van der Waals surface area contributed by atoms with Crippen LogP contribution < -0.4 is 5.32 Å². The van der Waals surface area contributed by atoms with Crippen molar-refractivity contribution in [2.45, 2.75) is 63.8 Å². The van der Waals surface area contributed by atoms with E-state index in [2.05, 4.69) is 20.1 Å². The van der Waals surface area contributed by atoms with Crippen molar-refractivity contribution in [1.29, 1.82) is 0 Å².